The van der Waals surface area contributed by atoms with Gasteiger partial charge in [-0.1, -0.05) is 85.4 Å². The third kappa shape index (κ3) is 10.8. The second-order valence-electron chi connectivity index (χ2n) is 18.4. The van der Waals surface area contributed by atoms with Crippen molar-refractivity contribution in [2.45, 2.75) is 57.5 Å². The van der Waals surface area contributed by atoms with Gasteiger partial charge in [0.2, 0.25) is 11.8 Å². The summed E-state index contributed by atoms with van der Waals surface area (Å²) < 4.78 is 5.99. The molecule has 1 N–H and O–H groups in total. The number of unbranched alkanes of at least 4 members (excludes halogenated alkanes) is 3. The number of pyridine rings is 1. The van der Waals surface area contributed by atoms with E-state index in [4.69, 9.17) is 9.72 Å². The maximum atomic E-state index is 13.6. The number of fused-ring (bicyclic) bond motifs is 3. The molecule has 4 aliphatic heterocycles. The number of piperazine rings is 1. The van der Waals surface area contributed by atoms with Crippen LogP contribution >= 0.6 is 0 Å². The predicted molar refractivity (Wildman–Crippen MR) is 270 cm³/mol. The highest BCUT2D eigenvalue weighted by Crippen LogP contribution is 2.34. The van der Waals surface area contributed by atoms with Crippen molar-refractivity contribution in [1.29, 1.82) is 0 Å². The molecular formula is C57H54N8O6. The summed E-state index contributed by atoms with van der Waals surface area (Å²) >= 11 is 0. The molecule has 14 heteroatoms. The molecule has 4 aromatic carbocycles. The molecule has 71 heavy (non-hydrogen) atoms. The lowest BCUT2D eigenvalue weighted by molar-refractivity contribution is -0.136. The van der Waals surface area contributed by atoms with E-state index >= 15 is 0 Å². The molecule has 0 aliphatic carbocycles. The molecule has 0 spiro atoms. The molecule has 358 valence electrons. The second kappa shape index (κ2) is 21.4. The summed E-state index contributed by atoms with van der Waals surface area (Å²) in [7, 11) is 0. The first-order valence-electron chi connectivity index (χ1n) is 24.5. The van der Waals surface area contributed by atoms with Crippen molar-refractivity contribution in [3.8, 4) is 29.0 Å². The number of benzene rings is 4. The Morgan fingerprint density at radius 2 is 1.52 bits per heavy atom. The molecule has 5 amide bonds. The zero-order valence-electron chi connectivity index (χ0n) is 39.5. The minimum Gasteiger partial charge on any atom is -0.493 e. The van der Waals surface area contributed by atoms with Gasteiger partial charge in [0.15, 0.2) is 5.82 Å². The molecule has 10 rings (SSSR count). The summed E-state index contributed by atoms with van der Waals surface area (Å²) in [5.41, 5.74) is 7.84. The van der Waals surface area contributed by atoms with Gasteiger partial charge < -0.3 is 14.5 Å². The fraction of sp³-hybridized carbons (Fsp3) is 0.298. The van der Waals surface area contributed by atoms with Gasteiger partial charge in [-0.2, -0.15) is 0 Å². The maximum Gasteiger partial charge on any atom is 0.266 e. The van der Waals surface area contributed by atoms with Crippen LogP contribution in [0, 0.1) is 11.8 Å². The first-order chi connectivity index (χ1) is 34.7. The highest BCUT2D eigenvalue weighted by Gasteiger charge is 2.46. The van der Waals surface area contributed by atoms with Gasteiger partial charge in [0.25, 0.3) is 17.7 Å². The molecule has 6 heterocycles. The Labute approximate surface area is 412 Å². The van der Waals surface area contributed by atoms with Crippen LogP contribution in [0.2, 0.25) is 0 Å². The Morgan fingerprint density at radius 1 is 0.761 bits per heavy atom. The average molecular weight is 947 g/mol. The van der Waals surface area contributed by atoms with Gasteiger partial charge in [0.1, 0.15) is 11.8 Å². The van der Waals surface area contributed by atoms with E-state index in [1.165, 1.54) is 0 Å². The van der Waals surface area contributed by atoms with Crippen LogP contribution in [0.4, 0.5) is 0 Å². The van der Waals surface area contributed by atoms with Crippen LogP contribution in [-0.2, 0) is 22.6 Å². The number of nitrogens with one attached hydrogen (secondary N) is 1. The Balaban J connectivity index is 0.611. The van der Waals surface area contributed by atoms with E-state index in [1.807, 2.05) is 59.6 Å². The Kier molecular flexibility index (Phi) is 14.1. The van der Waals surface area contributed by atoms with E-state index in [0.717, 1.165) is 114 Å². The van der Waals surface area contributed by atoms with Gasteiger partial charge in [-0.05, 0) is 97.4 Å². The molecule has 2 aromatic heterocycles. The first kappa shape index (κ1) is 46.8. The number of aromatic nitrogens is 3. The molecule has 4 aliphatic rings. The molecule has 0 radical (unpaired) electrons. The van der Waals surface area contributed by atoms with Crippen molar-refractivity contribution in [2.75, 3.05) is 52.4 Å². The van der Waals surface area contributed by atoms with E-state index in [0.29, 0.717) is 43.3 Å². The first-order valence-corrected chi connectivity index (χ1v) is 24.5. The monoisotopic (exact) mass is 946 g/mol. The Morgan fingerprint density at radius 3 is 2.32 bits per heavy atom. The fourth-order valence-corrected chi connectivity index (χ4v) is 9.60. The summed E-state index contributed by atoms with van der Waals surface area (Å²) in [6.07, 6.45) is 12.7. The number of amides is 5. The number of nitrogens with zero attached hydrogens (tertiary/aromatic N) is 7. The van der Waals surface area contributed by atoms with E-state index in [-0.39, 0.29) is 29.9 Å². The number of ether oxygens (including phenoxy) is 1. The van der Waals surface area contributed by atoms with Crippen LogP contribution in [0.15, 0.2) is 109 Å². The van der Waals surface area contributed by atoms with E-state index in [2.05, 4.69) is 79.4 Å². The SMILES string of the molecule is O=C1CCC(N2C(=O)c3cccc(OCCCCCCN4CCN(CC#Cc5ccc(/C=C/c6ccc(C(=O)N7CCc8cnc(-c9cnc%10ccccc%10c9)nc8C7)cc6)cc5)CC4)c3C2=O)C(=O)N1. The molecule has 1 unspecified atom stereocenters. The van der Waals surface area contributed by atoms with E-state index in [1.54, 1.807) is 24.4 Å². The van der Waals surface area contributed by atoms with Gasteiger partial charge >= 0.3 is 0 Å². The molecule has 14 nitrogen and oxygen atoms in total. The fourth-order valence-electron chi connectivity index (χ4n) is 9.60. The van der Waals surface area contributed by atoms with Gasteiger partial charge in [-0.25, -0.2) is 9.97 Å². The molecule has 2 fully saturated rings. The van der Waals surface area contributed by atoms with E-state index < -0.39 is 29.7 Å². The molecule has 2 saturated heterocycles. The summed E-state index contributed by atoms with van der Waals surface area (Å²) in [5, 5.41) is 3.26. The highest BCUT2D eigenvalue weighted by atomic mass is 16.5. The number of carbonyl (C=O) groups is 5. The summed E-state index contributed by atoms with van der Waals surface area (Å²) in [5.74, 6) is 5.52. The van der Waals surface area contributed by atoms with Crippen molar-refractivity contribution in [1.82, 2.24) is 39.9 Å². The van der Waals surface area contributed by atoms with Crippen molar-refractivity contribution in [3.05, 3.63) is 154 Å². The number of hydrogen-bond acceptors (Lipinski definition) is 11. The average Bonchev–Trinajstić information content (AvgIpc) is 3.66. The number of rotatable bonds is 14. The highest BCUT2D eigenvalue weighted by molar-refractivity contribution is 6.24. The third-order valence-corrected chi connectivity index (χ3v) is 13.7. The zero-order valence-corrected chi connectivity index (χ0v) is 39.5. The zero-order chi connectivity index (χ0) is 48.7. The van der Waals surface area contributed by atoms with Gasteiger partial charge in [-0.15, -0.1) is 0 Å². The summed E-state index contributed by atoms with van der Waals surface area (Å²) in [6.45, 7) is 7.25. The number of para-hydroxylation sites is 1. The number of imide groups is 2. The van der Waals surface area contributed by atoms with Gasteiger partial charge in [0, 0.05) is 73.6 Å². The Hall–Kier alpha value is -7.86. The lowest BCUT2D eigenvalue weighted by Crippen LogP contribution is -2.54. The molecular weight excluding hydrogens is 893 g/mol. The minimum absolute atomic E-state index is 0.0116. The van der Waals surface area contributed by atoms with Crippen LogP contribution in [0.1, 0.15) is 97.5 Å². The summed E-state index contributed by atoms with van der Waals surface area (Å²) in [6, 6.07) is 30.0. The van der Waals surface area contributed by atoms with Crippen molar-refractivity contribution >= 4 is 52.6 Å². The quantitative estimate of drug-likeness (QED) is 0.0516. The predicted octanol–water partition coefficient (Wildman–Crippen LogP) is 7.07. The van der Waals surface area contributed by atoms with Gasteiger partial charge in [-0.3, -0.25) is 44.1 Å². The van der Waals surface area contributed by atoms with Crippen LogP contribution in [0.25, 0.3) is 34.4 Å². The number of carbonyl (C=O) groups excluding carboxylic acids is 5. The molecule has 1 atom stereocenters. The molecule has 0 bridgehead atoms. The smallest absolute Gasteiger partial charge is 0.266 e. The topological polar surface area (TPSA) is 158 Å². The largest absolute Gasteiger partial charge is 0.493 e. The van der Waals surface area contributed by atoms with E-state index in [9.17, 15) is 24.0 Å². The van der Waals surface area contributed by atoms with Crippen molar-refractivity contribution in [2.24, 2.45) is 0 Å². The number of piperidine rings is 1. The lowest BCUT2D eigenvalue weighted by atomic mass is 10.0. The maximum absolute atomic E-state index is 13.6. The van der Waals surface area contributed by atoms with Crippen LogP contribution < -0.4 is 10.1 Å². The standard InChI is InChI=1S/C57H54N8O6/c66-51-25-24-49(54(67)61-51)65-56(69)46-11-7-13-50(52(46)57(65)70)71-34-6-2-1-5-27-62-30-32-63(33-31-62)28-8-9-39-14-16-40(17-15-39)18-19-41-20-22-42(23-21-41)55(68)64-29-26-44-36-59-53(60-48(44)38-64)45-35-43-10-3-4-12-47(43)58-37-45/h3-4,7,10-23,35-37,49H,1-2,5-6,24-34,38H2,(H,61,66,67)/b19-18+. The lowest BCUT2D eigenvalue weighted by Gasteiger charge is -2.33. The second-order valence-corrected chi connectivity index (χ2v) is 18.4. The van der Waals surface area contributed by atoms with Crippen LogP contribution in [0.3, 0.4) is 0 Å². The molecule has 6 aromatic rings. The normalized spacial score (nSPS) is 17.3. The third-order valence-electron chi connectivity index (χ3n) is 13.7. The minimum atomic E-state index is -1.00. The van der Waals surface area contributed by atoms with Gasteiger partial charge in [0.05, 0.1) is 42.0 Å². The van der Waals surface area contributed by atoms with Crippen LogP contribution in [0.5, 0.6) is 5.75 Å². The summed E-state index contributed by atoms with van der Waals surface area (Å²) in [4.78, 5) is 85.8. The van der Waals surface area contributed by atoms with Crippen molar-refractivity contribution in [3.63, 3.8) is 0 Å². The molecule has 0 saturated carbocycles. The van der Waals surface area contributed by atoms with Crippen LogP contribution in [-0.4, -0.2) is 123 Å². The van der Waals surface area contributed by atoms with Crippen molar-refractivity contribution < 1.29 is 28.7 Å². The number of hydrogen-bond donors (Lipinski definition) is 1. The Bertz CT molecular complexity index is 3100.